The summed E-state index contributed by atoms with van der Waals surface area (Å²) in [6.45, 7) is 0.454. The Labute approximate surface area is 149 Å². The fraction of sp³-hybridized carbons (Fsp3) is 0.278. The van der Waals surface area contributed by atoms with Gasteiger partial charge in [0.15, 0.2) is 11.5 Å². The van der Waals surface area contributed by atoms with E-state index in [1.165, 1.54) is 26.4 Å². The number of nitro groups is 1. The number of nitrogens with zero attached hydrogens (tertiary/aromatic N) is 1. The standard InChI is InChI=1S/C18H18N2O6/c1-24-16-9-12(14(20(22)23)10-17(16)25-2)18(21)19-13-7-8-26-15-6-4-3-5-11(13)15/h3-6,9-10,13H,7-8H2,1-2H3,(H,19,21). The van der Waals surface area contributed by atoms with Gasteiger partial charge >= 0.3 is 0 Å². The van der Waals surface area contributed by atoms with Gasteiger partial charge in [-0.2, -0.15) is 0 Å². The molecule has 0 fully saturated rings. The summed E-state index contributed by atoms with van der Waals surface area (Å²) in [5.74, 6) is 0.577. The number of para-hydroxylation sites is 1. The number of nitrogens with one attached hydrogen (secondary N) is 1. The highest BCUT2D eigenvalue weighted by molar-refractivity contribution is 5.99. The van der Waals surface area contributed by atoms with Crippen molar-refractivity contribution in [2.75, 3.05) is 20.8 Å². The number of benzene rings is 2. The molecule has 1 aliphatic heterocycles. The first-order valence-electron chi connectivity index (χ1n) is 7.98. The molecule has 1 N–H and O–H groups in total. The summed E-state index contributed by atoms with van der Waals surface area (Å²) in [7, 11) is 2.78. The van der Waals surface area contributed by atoms with E-state index < -0.39 is 10.8 Å². The Morgan fingerprint density at radius 1 is 1.23 bits per heavy atom. The Bertz CT molecular complexity index is 852. The first-order valence-corrected chi connectivity index (χ1v) is 7.98. The molecule has 0 aliphatic carbocycles. The van der Waals surface area contributed by atoms with E-state index in [1.54, 1.807) is 0 Å². The maximum Gasteiger partial charge on any atom is 0.286 e. The van der Waals surface area contributed by atoms with Crippen LogP contribution in [0, 0.1) is 10.1 Å². The van der Waals surface area contributed by atoms with Gasteiger partial charge in [-0.1, -0.05) is 18.2 Å². The molecule has 8 nitrogen and oxygen atoms in total. The summed E-state index contributed by atoms with van der Waals surface area (Å²) in [4.78, 5) is 23.5. The lowest BCUT2D eigenvalue weighted by Gasteiger charge is -2.26. The summed E-state index contributed by atoms with van der Waals surface area (Å²) in [5.41, 5.74) is 0.410. The van der Waals surface area contributed by atoms with E-state index in [0.717, 1.165) is 5.56 Å². The Morgan fingerprint density at radius 3 is 2.62 bits per heavy atom. The zero-order chi connectivity index (χ0) is 18.7. The zero-order valence-electron chi connectivity index (χ0n) is 14.4. The molecule has 3 rings (SSSR count). The molecule has 0 bridgehead atoms. The van der Waals surface area contributed by atoms with Crippen LogP contribution in [0.5, 0.6) is 17.2 Å². The maximum absolute atomic E-state index is 12.8. The lowest BCUT2D eigenvalue weighted by Crippen LogP contribution is -2.32. The monoisotopic (exact) mass is 358 g/mol. The van der Waals surface area contributed by atoms with E-state index in [9.17, 15) is 14.9 Å². The Kier molecular flexibility index (Phi) is 4.92. The number of fused-ring (bicyclic) bond motifs is 1. The number of carbonyl (C=O) groups excluding carboxylic acids is 1. The first-order chi connectivity index (χ1) is 12.5. The van der Waals surface area contributed by atoms with E-state index in [1.807, 2.05) is 24.3 Å². The summed E-state index contributed by atoms with van der Waals surface area (Å²) >= 11 is 0. The predicted molar refractivity (Wildman–Crippen MR) is 93.0 cm³/mol. The molecule has 1 aliphatic rings. The molecule has 1 amide bonds. The van der Waals surface area contributed by atoms with Crippen molar-refractivity contribution in [1.82, 2.24) is 5.32 Å². The van der Waals surface area contributed by atoms with E-state index in [0.29, 0.717) is 18.8 Å². The molecule has 0 spiro atoms. The summed E-state index contributed by atoms with van der Waals surface area (Å²) < 4.78 is 15.8. The van der Waals surface area contributed by atoms with Crippen molar-refractivity contribution in [1.29, 1.82) is 0 Å². The van der Waals surface area contributed by atoms with Gasteiger partial charge in [0.2, 0.25) is 0 Å². The molecular formula is C18H18N2O6. The average Bonchev–Trinajstić information content (AvgIpc) is 2.67. The summed E-state index contributed by atoms with van der Waals surface area (Å²) in [6, 6.07) is 9.60. The number of nitro benzene ring substituents is 1. The third kappa shape index (κ3) is 3.26. The highest BCUT2D eigenvalue weighted by Gasteiger charge is 2.28. The summed E-state index contributed by atoms with van der Waals surface area (Å²) in [6.07, 6.45) is 0.573. The van der Waals surface area contributed by atoms with Crippen molar-refractivity contribution in [2.45, 2.75) is 12.5 Å². The van der Waals surface area contributed by atoms with Crippen LogP contribution in [0.4, 0.5) is 5.69 Å². The largest absolute Gasteiger partial charge is 0.493 e. The number of carbonyl (C=O) groups is 1. The smallest absolute Gasteiger partial charge is 0.286 e. The molecule has 2 aromatic carbocycles. The number of hydrogen-bond acceptors (Lipinski definition) is 6. The van der Waals surface area contributed by atoms with Crippen LogP contribution < -0.4 is 19.5 Å². The lowest BCUT2D eigenvalue weighted by molar-refractivity contribution is -0.385. The van der Waals surface area contributed by atoms with Gasteiger partial charge < -0.3 is 19.5 Å². The second-order valence-electron chi connectivity index (χ2n) is 5.68. The number of amides is 1. The Hall–Kier alpha value is -3.29. The molecule has 26 heavy (non-hydrogen) atoms. The molecule has 0 saturated heterocycles. The van der Waals surface area contributed by atoms with E-state index in [-0.39, 0.29) is 28.8 Å². The van der Waals surface area contributed by atoms with Gasteiger partial charge in [0.05, 0.1) is 37.9 Å². The van der Waals surface area contributed by atoms with Crippen LogP contribution >= 0.6 is 0 Å². The third-order valence-electron chi connectivity index (χ3n) is 4.21. The Morgan fingerprint density at radius 2 is 1.92 bits per heavy atom. The average molecular weight is 358 g/mol. The van der Waals surface area contributed by atoms with Gasteiger partial charge in [-0.05, 0) is 6.07 Å². The van der Waals surface area contributed by atoms with Crippen molar-refractivity contribution >= 4 is 11.6 Å². The topological polar surface area (TPSA) is 99.9 Å². The number of rotatable bonds is 5. The Balaban J connectivity index is 1.94. The minimum atomic E-state index is -0.616. The molecule has 8 heteroatoms. The van der Waals surface area contributed by atoms with Crippen molar-refractivity contribution in [2.24, 2.45) is 0 Å². The molecule has 2 aromatic rings. The van der Waals surface area contributed by atoms with Crippen LogP contribution in [0.1, 0.15) is 28.4 Å². The molecule has 1 heterocycles. The maximum atomic E-state index is 12.8. The van der Waals surface area contributed by atoms with E-state index in [2.05, 4.69) is 5.32 Å². The van der Waals surface area contributed by atoms with Crippen LogP contribution in [0.3, 0.4) is 0 Å². The van der Waals surface area contributed by atoms with E-state index in [4.69, 9.17) is 14.2 Å². The minimum Gasteiger partial charge on any atom is -0.493 e. The SMILES string of the molecule is COc1cc(C(=O)NC2CCOc3ccccc32)c([N+](=O)[O-])cc1OC. The highest BCUT2D eigenvalue weighted by Crippen LogP contribution is 2.36. The summed E-state index contributed by atoms with van der Waals surface area (Å²) in [5, 5.41) is 14.2. The van der Waals surface area contributed by atoms with Gasteiger partial charge in [-0.25, -0.2) is 0 Å². The number of ether oxygens (including phenoxy) is 3. The minimum absolute atomic E-state index is 0.0865. The van der Waals surface area contributed by atoms with Crippen molar-refractivity contribution in [3.8, 4) is 17.2 Å². The zero-order valence-corrected chi connectivity index (χ0v) is 14.4. The molecule has 0 saturated carbocycles. The molecule has 1 unspecified atom stereocenters. The highest BCUT2D eigenvalue weighted by atomic mass is 16.6. The molecule has 1 atom stereocenters. The van der Waals surface area contributed by atoms with E-state index >= 15 is 0 Å². The van der Waals surface area contributed by atoms with Crippen LogP contribution in [-0.2, 0) is 0 Å². The molecule has 0 radical (unpaired) electrons. The van der Waals surface area contributed by atoms with Gasteiger partial charge in [0.1, 0.15) is 11.3 Å². The first kappa shape index (κ1) is 17.5. The van der Waals surface area contributed by atoms with Gasteiger partial charge in [0.25, 0.3) is 11.6 Å². The number of hydrogen-bond donors (Lipinski definition) is 1. The molecular weight excluding hydrogens is 340 g/mol. The fourth-order valence-electron chi connectivity index (χ4n) is 2.93. The normalized spacial score (nSPS) is 15.4. The van der Waals surface area contributed by atoms with Gasteiger partial charge in [-0.15, -0.1) is 0 Å². The van der Waals surface area contributed by atoms with Crippen molar-refractivity contribution in [3.63, 3.8) is 0 Å². The quantitative estimate of drug-likeness (QED) is 0.652. The van der Waals surface area contributed by atoms with Gasteiger partial charge in [0, 0.05) is 18.1 Å². The molecule has 0 aromatic heterocycles. The number of methoxy groups -OCH3 is 2. The second-order valence-corrected chi connectivity index (χ2v) is 5.68. The van der Waals surface area contributed by atoms with Crippen molar-refractivity contribution < 1.29 is 23.9 Å². The second kappa shape index (κ2) is 7.30. The van der Waals surface area contributed by atoms with Crippen molar-refractivity contribution in [3.05, 3.63) is 57.6 Å². The van der Waals surface area contributed by atoms with Crippen LogP contribution in [0.15, 0.2) is 36.4 Å². The van der Waals surface area contributed by atoms with Crippen LogP contribution in [0.2, 0.25) is 0 Å². The van der Waals surface area contributed by atoms with Crippen LogP contribution in [0.25, 0.3) is 0 Å². The van der Waals surface area contributed by atoms with Gasteiger partial charge in [-0.3, -0.25) is 14.9 Å². The lowest BCUT2D eigenvalue weighted by atomic mass is 10.00. The molecule has 136 valence electrons. The fourth-order valence-corrected chi connectivity index (χ4v) is 2.93. The predicted octanol–water partition coefficient (Wildman–Crippen LogP) is 2.87. The van der Waals surface area contributed by atoms with Crippen LogP contribution in [-0.4, -0.2) is 31.7 Å². The third-order valence-corrected chi connectivity index (χ3v) is 4.21.